The van der Waals surface area contributed by atoms with Crippen LogP contribution in [-0.4, -0.2) is 25.2 Å². The molecule has 1 aliphatic heterocycles. The van der Waals surface area contributed by atoms with E-state index in [9.17, 15) is 9.18 Å². The fraction of sp³-hybridized carbons (Fsp3) is 0.316. The number of ether oxygens (including phenoxy) is 2. The number of rotatable bonds is 5. The van der Waals surface area contributed by atoms with Crippen molar-refractivity contribution in [1.82, 2.24) is 0 Å². The molecule has 1 aliphatic rings. The van der Waals surface area contributed by atoms with Gasteiger partial charge in [0.05, 0.1) is 6.10 Å². The fourth-order valence-corrected chi connectivity index (χ4v) is 2.59. The summed E-state index contributed by atoms with van der Waals surface area (Å²) in [4.78, 5) is 12.3. The minimum atomic E-state index is -0.381. The third-order valence-corrected chi connectivity index (χ3v) is 4.02. The Labute approximate surface area is 140 Å². The Morgan fingerprint density at radius 2 is 2.08 bits per heavy atom. The molecule has 2 aromatic rings. The van der Waals surface area contributed by atoms with Crippen molar-refractivity contribution < 1.29 is 18.7 Å². The van der Waals surface area contributed by atoms with Crippen LogP contribution in [0.1, 0.15) is 28.8 Å². The van der Waals surface area contributed by atoms with Crippen LogP contribution in [-0.2, 0) is 4.74 Å². The van der Waals surface area contributed by atoms with E-state index in [2.05, 4.69) is 5.32 Å². The minimum Gasteiger partial charge on any atom is -0.491 e. The summed E-state index contributed by atoms with van der Waals surface area (Å²) in [6.45, 7) is 3.14. The van der Waals surface area contributed by atoms with Gasteiger partial charge in [-0.25, -0.2) is 4.39 Å². The zero-order valence-corrected chi connectivity index (χ0v) is 13.5. The van der Waals surface area contributed by atoms with Crippen molar-refractivity contribution in [3.63, 3.8) is 0 Å². The van der Waals surface area contributed by atoms with E-state index in [0.29, 0.717) is 23.6 Å². The Bertz CT molecular complexity index is 709. The lowest BCUT2D eigenvalue weighted by Crippen LogP contribution is -2.16. The lowest BCUT2D eigenvalue weighted by atomic mass is 10.1. The highest BCUT2D eigenvalue weighted by Crippen LogP contribution is 2.19. The zero-order valence-electron chi connectivity index (χ0n) is 13.5. The lowest BCUT2D eigenvalue weighted by Gasteiger charge is -2.12. The number of hydrogen-bond acceptors (Lipinski definition) is 3. The van der Waals surface area contributed by atoms with Crippen molar-refractivity contribution in [2.45, 2.75) is 25.9 Å². The molecule has 126 valence electrons. The molecular formula is C19H20FNO3. The van der Waals surface area contributed by atoms with Gasteiger partial charge in [0.1, 0.15) is 18.2 Å². The summed E-state index contributed by atoms with van der Waals surface area (Å²) in [5, 5.41) is 2.72. The number of halogens is 1. The second kappa shape index (κ2) is 7.45. The molecule has 1 fully saturated rings. The standard InChI is InChI=1S/C19H20FNO3/c1-13-4-7-15(20)11-18(13)21-19(22)14-5-8-16(9-6-14)24-12-17-3-2-10-23-17/h4-9,11,17H,2-3,10,12H2,1H3,(H,21,22)/t17-/m0/s1. The topological polar surface area (TPSA) is 47.6 Å². The maximum Gasteiger partial charge on any atom is 0.255 e. The van der Waals surface area contributed by atoms with Crippen LogP contribution in [0.2, 0.25) is 0 Å². The van der Waals surface area contributed by atoms with Crippen LogP contribution in [0, 0.1) is 12.7 Å². The molecule has 4 nitrogen and oxygen atoms in total. The summed E-state index contributed by atoms with van der Waals surface area (Å²) in [7, 11) is 0. The van der Waals surface area contributed by atoms with Crippen LogP contribution >= 0.6 is 0 Å². The average molecular weight is 329 g/mol. The SMILES string of the molecule is Cc1ccc(F)cc1NC(=O)c1ccc(OC[C@@H]2CCCO2)cc1. The Kier molecular flexibility index (Phi) is 5.11. The van der Waals surface area contributed by atoms with Gasteiger partial charge in [0, 0.05) is 17.9 Å². The number of benzene rings is 2. The van der Waals surface area contributed by atoms with Crippen molar-refractivity contribution in [2.24, 2.45) is 0 Å². The van der Waals surface area contributed by atoms with E-state index in [4.69, 9.17) is 9.47 Å². The van der Waals surface area contributed by atoms with Crippen molar-refractivity contribution in [2.75, 3.05) is 18.5 Å². The van der Waals surface area contributed by atoms with Crippen LogP contribution < -0.4 is 10.1 Å². The quantitative estimate of drug-likeness (QED) is 0.904. The number of nitrogens with one attached hydrogen (secondary N) is 1. The molecule has 3 rings (SSSR count). The number of hydrogen-bond donors (Lipinski definition) is 1. The van der Waals surface area contributed by atoms with Crippen LogP contribution in [0.4, 0.5) is 10.1 Å². The fourth-order valence-electron chi connectivity index (χ4n) is 2.59. The highest BCUT2D eigenvalue weighted by Gasteiger charge is 2.16. The van der Waals surface area contributed by atoms with Crippen LogP contribution in [0.5, 0.6) is 5.75 Å². The number of aryl methyl sites for hydroxylation is 1. The van der Waals surface area contributed by atoms with E-state index >= 15 is 0 Å². The van der Waals surface area contributed by atoms with Crippen molar-refractivity contribution in [1.29, 1.82) is 0 Å². The largest absolute Gasteiger partial charge is 0.491 e. The van der Waals surface area contributed by atoms with Gasteiger partial charge in [0.25, 0.3) is 5.91 Å². The first-order valence-corrected chi connectivity index (χ1v) is 8.04. The van der Waals surface area contributed by atoms with E-state index in [1.54, 1.807) is 30.3 Å². The number of anilines is 1. The number of carbonyl (C=O) groups excluding carboxylic acids is 1. The van der Waals surface area contributed by atoms with E-state index in [0.717, 1.165) is 25.0 Å². The maximum absolute atomic E-state index is 13.3. The molecule has 24 heavy (non-hydrogen) atoms. The predicted octanol–water partition coefficient (Wildman–Crippen LogP) is 3.94. The Balaban J connectivity index is 1.59. The Morgan fingerprint density at radius 1 is 1.29 bits per heavy atom. The molecule has 1 heterocycles. The van der Waals surface area contributed by atoms with Crippen LogP contribution in [0.3, 0.4) is 0 Å². The van der Waals surface area contributed by atoms with Crippen LogP contribution in [0.25, 0.3) is 0 Å². The van der Waals surface area contributed by atoms with E-state index in [-0.39, 0.29) is 17.8 Å². The van der Waals surface area contributed by atoms with Gasteiger partial charge in [-0.1, -0.05) is 6.07 Å². The van der Waals surface area contributed by atoms with E-state index in [1.807, 2.05) is 6.92 Å². The molecule has 0 aliphatic carbocycles. The van der Waals surface area contributed by atoms with Gasteiger partial charge < -0.3 is 14.8 Å². The second-order valence-electron chi connectivity index (χ2n) is 5.88. The van der Waals surface area contributed by atoms with E-state index in [1.165, 1.54) is 12.1 Å². The molecule has 0 spiro atoms. The van der Waals surface area contributed by atoms with Gasteiger partial charge in [-0.05, 0) is 61.7 Å². The number of carbonyl (C=O) groups is 1. The van der Waals surface area contributed by atoms with Crippen molar-refractivity contribution in [3.05, 3.63) is 59.4 Å². The highest BCUT2D eigenvalue weighted by molar-refractivity contribution is 6.04. The molecule has 0 bridgehead atoms. The Hall–Kier alpha value is -2.40. The van der Waals surface area contributed by atoms with Crippen molar-refractivity contribution >= 4 is 11.6 Å². The molecule has 1 N–H and O–H groups in total. The van der Waals surface area contributed by atoms with Crippen molar-refractivity contribution in [3.8, 4) is 5.75 Å². The van der Waals surface area contributed by atoms with Gasteiger partial charge in [-0.3, -0.25) is 4.79 Å². The third-order valence-electron chi connectivity index (χ3n) is 4.02. The highest BCUT2D eigenvalue weighted by atomic mass is 19.1. The third kappa shape index (κ3) is 4.11. The summed E-state index contributed by atoms with van der Waals surface area (Å²) in [5.41, 5.74) is 1.77. The smallest absolute Gasteiger partial charge is 0.255 e. The van der Waals surface area contributed by atoms with Gasteiger partial charge >= 0.3 is 0 Å². The monoisotopic (exact) mass is 329 g/mol. The first-order chi connectivity index (χ1) is 11.6. The Morgan fingerprint density at radius 3 is 2.79 bits per heavy atom. The molecule has 1 amide bonds. The summed E-state index contributed by atoms with van der Waals surface area (Å²) < 4.78 is 24.5. The molecule has 0 unspecified atom stereocenters. The molecule has 2 aromatic carbocycles. The summed E-state index contributed by atoms with van der Waals surface area (Å²) in [5.74, 6) is 0.0344. The number of amides is 1. The van der Waals surface area contributed by atoms with Gasteiger partial charge in [0.2, 0.25) is 0 Å². The molecule has 0 aromatic heterocycles. The summed E-state index contributed by atoms with van der Waals surface area (Å²) in [6, 6.07) is 11.2. The first kappa shape index (κ1) is 16.5. The van der Waals surface area contributed by atoms with Gasteiger partial charge in [-0.2, -0.15) is 0 Å². The van der Waals surface area contributed by atoms with Crippen LogP contribution in [0.15, 0.2) is 42.5 Å². The lowest BCUT2D eigenvalue weighted by molar-refractivity contribution is 0.0679. The average Bonchev–Trinajstić information content (AvgIpc) is 3.10. The molecule has 0 radical (unpaired) electrons. The predicted molar refractivity (Wildman–Crippen MR) is 90.0 cm³/mol. The van der Waals surface area contributed by atoms with Gasteiger partial charge in [-0.15, -0.1) is 0 Å². The minimum absolute atomic E-state index is 0.156. The molecule has 5 heteroatoms. The molecule has 0 saturated carbocycles. The van der Waals surface area contributed by atoms with Gasteiger partial charge in [0.15, 0.2) is 0 Å². The first-order valence-electron chi connectivity index (χ1n) is 8.04. The molecular weight excluding hydrogens is 309 g/mol. The van der Waals surface area contributed by atoms with E-state index < -0.39 is 0 Å². The second-order valence-corrected chi connectivity index (χ2v) is 5.88. The zero-order chi connectivity index (χ0) is 16.9. The maximum atomic E-state index is 13.3. The molecule has 1 atom stereocenters. The summed E-state index contributed by atoms with van der Waals surface area (Å²) in [6.07, 6.45) is 2.25. The summed E-state index contributed by atoms with van der Waals surface area (Å²) >= 11 is 0. The molecule has 1 saturated heterocycles. The normalized spacial score (nSPS) is 16.8.